The van der Waals surface area contributed by atoms with Gasteiger partial charge in [-0.2, -0.15) is 5.10 Å². The smallest absolute Gasteiger partial charge is 0.269 e. The number of aromatic nitrogens is 3. The Labute approximate surface area is 166 Å². The molecule has 3 rings (SSSR count). The fourth-order valence-corrected chi connectivity index (χ4v) is 3.21. The number of amides is 1. The van der Waals surface area contributed by atoms with Gasteiger partial charge in [0.1, 0.15) is 0 Å². The summed E-state index contributed by atoms with van der Waals surface area (Å²) >= 11 is 2.63. The molecule has 0 aliphatic rings. The van der Waals surface area contributed by atoms with Crippen LogP contribution in [0.4, 0.5) is 17.3 Å². The SMILES string of the molecule is Nn1c(N/N=C/c2cccs2)nnc1SCC(=O)Nc1ccc([N+](=O)[O-])cc1. The van der Waals surface area contributed by atoms with Crippen LogP contribution >= 0.6 is 23.1 Å². The van der Waals surface area contributed by atoms with Gasteiger partial charge in [-0.25, -0.2) is 10.1 Å². The predicted molar refractivity (Wildman–Crippen MR) is 108 cm³/mol. The highest BCUT2D eigenvalue weighted by atomic mass is 32.2. The highest BCUT2D eigenvalue weighted by molar-refractivity contribution is 7.99. The number of nitrogens with one attached hydrogen (secondary N) is 2. The molecule has 1 aromatic carbocycles. The second kappa shape index (κ2) is 8.96. The van der Waals surface area contributed by atoms with Crippen molar-refractivity contribution >= 4 is 52.5 Å². The summed E-state index contributed by atoms with van der Waals surface area (Å²) in [5.41, 5.74) is 3.09. The van der Waals surface area contributed by atoms with Gasteiger partial charge < -0.3 is 11.2 Å². The third-order valence-corrected chi connectivity index (χ3v) is 5.01. The first-order valence-electron chi connectivity index (χ1n) is 7.73. The van der Waals surface area contributed by atoms with E-state index in [0.717, 1.165) is 16.6 Å². The monoisotopic (exact) mass is 418 g/mol. The Morgan fingerprint density at radius 2 is 2.14 bits per heavy atom. The van der Waals surface area contributed by atoms with Crippen molar-refractivity contribution in [3.05, 3.63) is 56.8 Å². The lowest BCUT2D eigenvalue weighted by Gasteiger charge is -2.05. The number of carbonyl (C=O) groups excluding carboxylic acids is 1. The lowest BCUT2D eigenvalue weighted by Crippen LogP contribution is -2.16. The molecule has 11 nitrogen and oxygen atoms in total. The first kappa shape index (κ1) is 19.3. The molecule has 144 valence electrons. The van der Waals surface area contributed by atoms with E-state index in [4.69, 9.17) is 5.84 Å². The minimum atomic E-state index is -0.508. The van der Waals surface area contributed by atoms with E-state index in [0.29, 0.717) is 10.8 Å². The van der Waals surface area contributed by atoms with Gasteiger partial charge in [0.2, 0.25) is 11.1 Å². The van der Waals surface area contributed by atoms with Gasteiger partial charge in [0.15, 0.2) is 0 Å². The second-order valence-electron chi connectivity index (χ2n) is 5.20. The second-order valence-corrected chi connectivity index (χ2v) is 7.12. The number of nitro groups is 1. The number of hydrogen-bond donors (Lipinski definition) is 3. The molecule has 0 spiro atoms. The van der Waals surface area contributed by atoms with Crippen LogP contribution in [0.25, 0.3) is 0 Å². The van der Waals surface area contributed by atoms with E-state index in [1.807, 2.05) is 17.5 Å². The molecule has 0 radical (unpaired) electrons. The van der Waals surface area contributed by atoms with E-state index in [1.165, 1.54) is 40.3 Å². The van der Waals surface area contributed by atoms with E-state index < -0.39 is 4.92 Å². The molecular weight excluding hydrogens is 404 g/mol. The lowest BCUT2D eigenvalue weighted by atomic mass is 10.3. The molecule has 0 fully saturated rings. The molecular formula is C15H14N8O3S2. The van der Waals surface area contributed by atoms with Crippen LogP contribution in [0, 0.1) is 10.1 Å². The third-order valence-electron chi connectivity index (χ3n) is 3.26. The Balaban J connectivity index is 1.50. The van der Waals surface area contributed by atoms with Crippen molar-refractivity contribution in [3.63, 3.8) is 0 Å². The van der Waals surface area contributed by atoms with Gasteiger partial charge in [0.25, 0.3) is 11.6 Å². The first-order chi connectivity index (χ1) is 13.5. The summed E-state index contributed by atoms with van der Waals surface area (Å²) in [5, 5.41) is 27.3. The minimum absolute atomic E-state index is 0.0325. The van der Waals surface area contributed by atoms with Gasteiger partial charge in [0, 0.05) is 22.7 Å². The summed E-state index contributed by atoms with van der Waals surface area (Å²) < 4.78 is 1.19. The summed E-state index contributed by atoms with van der Waals surface area (Å²) in [6.45, 7) is 0. The van der Waals surface area contributed by atoms with Crippen molar-refractivity contribution in [1.82, 2.24) is 14.9 Å². The molecule has 2 heterocycles. The number of anilines is 2. The van der Waals surface area contributed by atoms with Crippen LogP contribution in [0.3, 0.4) is 0 Å². The Hall–Kier alpha value is -3.45. The van der Waals surface area contributed by atoms with Crippen LogP contribution in [-0.2, 0) is 4.79 Å². The number of rotatable bonds is 8. The summed E-state index contributed by atoms with van der Waals surface area (Å²) in [7, 11) is 0. The van der Waals surface area contributed by atoms with Crippen LogP contribution < -0.4 is 16.6 Å². The zero-order valence-electron chi connectivity index (χ0n) is 14.2. The van der Waals surface area contributed by atoms with Gasteiger partial charge in [-0.1, -0.05) is 17.8 Å². The number of non-ortho nitro benzene ring substituents is 1. The van der Waals surface area contributed by atoms with Gasteiger partial charge in [0.05, 0.1) is 16.9 Å². The van der Waals surface area contributed by atoms with E-state index in [1.54, 1.807) is 6.21 Å². The summed E-state index contributed by atoms with van der Waals surface area (Å²) in [5.74, 6) is 5.84. The molecule has 0 saturated heterocycles. The van der Waals surface area contributed by atoms with E-state index in [9.17, 15) is 14.9 Å². The molecule has 0 saturated carbocycles. The average Bonchev–Trinajstić information content (AvgIpc) is 3.31. The summed E-state index contributed by atoms with van der Waals surface area (Å²) in [6, 6.07) is 9.36. The zero-order valence-corrected chi connectivity index (χ0v) is 15.8. The molecule has 1 amide bonds. The van der Waals surface area contributed by atoms with Crippen molar-refractivity contribution in [2.45, 2.75) is 5.16 Å². The van der Waals surface area contributed by atoms with Crippen LogP contribution in [0.2, 0.25) is 0 Å². The van der Waals surface area contributed by atoms with Crippen LogP contribution in [0.15, 0.2) is 52.0 Å². The number of carbonyl (C=O) groups is 1. The average molecular weight is 418 g/mol. The fourth-order valence-electron chi connectivity index (χ4n) is 1.96. The van der Waals surface area contributed by atoms with Crippen LogP contribution in [-0.4, -0.2) is 37.7 Å². The number of hydrazone groups is 1. The maximum absolute atomic E-state index is 12.0. The zero-order chi connectivity index (χ0) is 19.9. The van der Waals surface area contributed by atoms with Crippen molar-refractivity contribution in [1.29, 1.82) is 0 Å². The molecule has 4 N–H and O–H groups in total. The maximum atomic E-state index is 12.0. The highest BCUT2D eigenvalue weighted by Gasteiger charge is 2.12. The van der Waals surface area contributed by atoms with E-state index in [2.05, 4.69) is 26.0 Å². The van der Waals surface area contributed by atoms with E-state index >= 15 is 0 Å². The largest absolute Gasteiger partial charge is 0.334 e. The minimum Gasteiger partial charge on any atom is -0.334 e. The van der Waals surface area contributed by atoms with Crippen molar-refractivity contribution in [2.75, 3.05) is 22.3 Å². The quantitative estimate of drug-likeness (QED) is 0.165. The van der Waals surface area contributed by atoms with Crippen molar-refractivity contribution < 1.29 is 9.72 Å². The Bertz CT molecular complexity index is 985. The van der Waals surface area contributed by atoms with Crippen molar-refractivity contribution in [2.24, 2.45) is 5.10 Å². The molecule has 0 aliphatic carbocycles. The number of nitro benzene ring substituents is 1. The standard InChI is InChI=1S/C15H14N8O3S2/c16-22-14(19-17-8-12-2-1-7-27-12)20-21-15(22)28-9-13(24)18-10-3-5-11(6-4-10)23(25)26/h1-8H,9,16H2,(H,18,24)(H,19,20)/b17-8+. The first-order valence-corrected chi connectivity index (χ1v) is 9.59. The number of nitrogen functional groups attached to an aromatic ring is 1. The Morgan fingerprint density at radius 3 is 2.82 bits per heavy atom. The molecule has 13 heteroatoms. The fraction of sp³-hybridized carbons (Fsp3) is 0.0667. The number of thiophene rings is 1. The molecule has 3 aromatic rings. The van der Waals surface area contributed by atoms with Crippen LogP contribution in [0.1, 0.15) is 4.88 Å². The van der Waals surface area contributed by atoms with Gasteiger partial charge in [-0.15, -0.1) is 21.5 Å². The number of nitrogens with two attached hydrogens (primary N) is 1. The molecule has 0 bridgehead atoms. The molecule has 0 aliphatic heterocycles. The Morgan fingerprint density at radius 1 is 1.36 bits per heavy atom. The number of nitrogens with zero attached hydrogens (tertiary/aromatic N) is 5. The molecule has 28 heavy (non-hydrogen) atoms. The van der Waals surface area contributed by atoms with Crippen LogP contribution in [0.5, 0.6) is 0 Å². The summed E-state index contributed by atoms with van der Waals surface area (Å²) in [6.07, 6.45) is 1.63. The van der Waals surface area contributed by atoms with Gasteiger partial charge >= 0.3 is 0 Å². The normalized spacial score (nSPS) is 10.9. The predicted octanol–water partition coefficient (Wildman–Crippen LogP) is 2.14. The number of thioether (sulfide) groups is 1. The molecule has 2 aromatic heterocycles. The van der Waals surface area contributed by atoms with E-state index in [-0.39, 0.29) is 23.3 Å². The number of benzene rings is 1. The lowest BCUT2D eigenvalue weighted by molar-refractivity contribution is -0.384. The summed E-state index contributed by atoms with van der Waals surface area (Å²) in [4.78, 5) is 23.1. The van der Waals surface area contributed by atoms with Crippen molar-refractivity contribution in [3.8, 4) is 0 Å². The molecule has 0 unspecified atom stereocenters. The Kier molecular flexibility index (Phi) is 6.18. The third kappa shape index (κ3) is 5.05. The number of hydrogen-bond acceptors (Lipinski definition) is 10. The van der Waals surface area contributed by atoms with Gasteiger partial charge in [-0.3, -0.25) is 14.9 Å². The maximum Gasteiger partial charge on any atom is 0.269 e. The highest BCUT2D eigenvalue weighted by Crippen LogP contribution is 2.19. The topological polar surface area (TPSA) is 153 Å². The van der Waals surface area contributed by atoms with Gasteiger partial charge in [-0.05, 0) is 23.6 Å². The molecule has 0 atom stereocenters.